The van der Waals surface area contributed by atoms with E-state index in [1.165, 1.54) is 44.9 Å². The topological polar surface area (TPSA) is 9.23 Å². The molecule has 1 saturated heterocycles. The zero-order valence-electron chi connectivity index (χ0n) is 8.18. The SMILES string of the molecule is ClC1CCCC(CC2CCCO2)C1. The summed E-state index contributed by atoms with van der Waals surface area (Å²) in [5.74, 6) is 0.847. The molecule has 2 fully saturated rings. The first-order chi connectivity index (χ1) is 6.34. The highest BCUT2D eigenvalue weighted by Gasteiger charge is 2.25. The lowest BCUT2D eigenvalue weighted by atomic mass is 9.85. The van der Waals surface area contributed by atoms with Crippen molar-refractivity contribution in [3.05, 3.63) is 0 Å². The van der Waals surface area contributed by atoms with E-state index >= 15 is 0 Å². The number of hydrogen-bond donors (Lipinski definition) is 0. The second-order valence-electron chi connectivity index (χ2n) is 4.50. The van der Waals surface area contributed by atoms with Crippen molar-refractivity contribution in [1.82, 2.24) is 0 Å². The zero-order valence-corrected chi connectivity index (χ0v) is 8.93. The molecule has 1 nitrogen and oxygen atoms in total. The molecule has 76 valence electrons. The number of hydrogen-bond acceptors (Lipinski definition) is 1. The van der Waals surface area contributed by atoms with Crippen LogP contribution in [0.25, 0.3) is 0 Å². The molecule has 3 unspecified atom stereocenters. The molecule has 2 aliphatic rings. The third-order valence-electron chi connectivity index (χ3n) is 3.34. The molecule has 0 radical (unpaired) electrons. The lowest BCUT2D eigenvalue weighted by Crippen LogP contribution is -2.20. The lowest BCUT2D eigenvalue weighted by Gasteiger charge is -2.27. The minimum Gasteiger partial charge on any atom is -0.378 e. The fraction of sp³-hybridized carbons (Fsp3) is 1.00. The van der Waals surface area contributed by atoms with Crippen LogP contribution in [-0.4, -0.2) is 18.1 Å². The Labute approximate surface area is 85.8 Å². The van der Waals surface area contributed by atoms with E-state index in [9.17, 15) is 0 Å². The fourth-order valence-electron chi connectivity index (χ4n) is 2.64. The predicted molar refractivity (Wildman–Crippen MR) is 55.2 cm³/mol. The maximum absolute atomic E-state index is 6.16. The molecular formula is C11H19ClO. The van der Waals surface area contributed by atoms with Gasteiger partial charge in [0.15, 0.2) is 0 Å². The van der Waals surface area contributed by atoms with Gasteiger partial charge in [0, 0.05) is 12.0 Å². The first-order valence-electron chi connectivity index (χ1n) is 5.60. The normalized spacial score (nSPS) is 40.8. The van der Waals surface area contributed by atoms with Crippen LogP contribution < -0.4 is 0 Å². The molecule has 0 aromatic carbocycles. The highest BCUT2D eigenvalue weighted by molar-refractivity contribution is 6.20. The fourth-order valence-corrected chi connectivity index (χ4v) is 3.05. The number of alkyl halides is 1. The van der Waals surface area contributed by atoms with Gasteiger partial charge in [-0.3, -0.25) is 0 Å². The summed E-state index contributed by atoms with van der Waals surface area (Å²) in [7, 11) is 0. The Balaban J connectivity index is 1.73. The number of halogens is 1. The van der Waals surface area contributed by atoms with Crippen LogP contribution in [0, 0.1) is 5.92 Å². The monoisotopic (exact) mass is 202 g/mol. The van der Waals surface area contributed by atoms with Crippen molar-refractivity contribution in [2.24, 2.45) is 5.92 Å². The van der Waals surface area contributed by atoms with Gasteiger partial charge in [0.05, 0.1) is 6.10 Å². The van der Waals surface area contributed by atoms with Crippen LogP contribution in [-0.2, 0) is 4.74 Å². The highest BCUT2D eigenvalue weighted by Crippen LogP contribution is 2.33. The molecule has 0 N–H and O–H groups in total. The predicted octanol–water partition coefficient (Wildman–Crippen LogP) is 3.35. The van der Waals surface area contributed by atoms with Gasteiger partial charge in [0.1, 0.15) is 0 Å². The molecule has 1 heterocycles. The van der Waals surface area contributed by atoms with E-state index in [-0.39, 0.29) is 0 Å². The standard InChI is InChI=1S/C11H19ClO/c12-10-4-1-3-9(7-10)8-11-5-2-6-13-11/h9-11H,1-8H2. The average molecular weight is 203 g/mol. The molecule has 3 atom stereocenters. The Kier molecular flexibility index (Phi) is 3.51. The average Bonchev–Trinajstić information content (AvgIpc) is 2.57. The van der Waals surface area contributed by atoms with Gasteiger partial charge >= 0.3 is 0 Å². The van der Waals surface area contributed by atoms with Gasteiger partial charge in [-0.25, -0.2) is 0 Å². The summed E-state index contributed by atoms with van der Waals surface area (Å²) in [5.41, 5.74) is 0. The van der Waals surface area contributed by atoms with Crippen molar-refractivity contribution in [1.29, 1.82) is 0 Å². The maximum atomic E-state index is 6.16. The molecule has 1 aliphatic heterocycles. The molecule has 0 spiro atoms. The first-order valence-corrected chi connectivity index (χ1v) is 6.04. The van der Waals surface area contributed by atoms with Gasteiger partial charge in [-0.2, -0.15) is 0 Å². The van der Waals surface area contributed by atoms with Gasteiger partial charge < -0.3 is 4.74 Å². The molecule has 0 amide bonds. The zero-order chi connectivity index (χ0) is 9.10. The van der Waals surface area contributed by atoms with Gasteiger partial charge in [-0.15, -0.1) is 11.6 Å². The van der Waals surface area contributed by atoms with E-state index in [1.807, 2.05) is 0 Å². The van der Waals surface area contributed by atoms with Gasteiger partial charge in [-0.05, 0) is 38.0 Å². The van der Waals surface area contributed by atoms with Crippen LogP contribution in [0.15, 0.2) is 0 Å². The molecule has 2 rings (SSSR count). The number of rotatable bonds is 2. The summed E-state index contributed by atoms with van der Waals surface area (Å²) < 4.78 is 5.65. The van der Waals surface area contributed by atoms with Crippen molar-refractivity contribution in [3.63, 3.8) is 0 Å². The van der Waals surface area contributed by atoms with Crippen molar-refractivity contribution < 1.29 is 4.74 Å². The summed E-state index contributed by atoms with van der Waals surface area (Å²) in [6.45, 7) is 0.988. The van der Waals surface area contributed by atoms with Crippen LogP contribution in [0.1, 0.15) is 44.9 Å². The van der Waals surface area contributed by atoms with Crippen molar-refractivity contribution >= 4 is 11.6 Å². The Bertz CT molecular complexity index is 154. The summed E-state index contributed by atoms with van der Waals surface area (Å²) >= 11 is 6.16. The minimum atomic E-state index is 0.445. The molecular weight excluding hydrogens is 184 g/mol. The summed E-state index contributed by atoms with van der Waals surface area (Å²) in [6, 6.07) is 0. The van der Waals surface area contributed by atoms with Gasteiger partial charge in [-0.1, -0.05) is 12.8 Å². The lowest BCUT2D eigenvalue weighted by molar-refractivity contribution is 0.0834. The molecule has 0 aromatic rings. The largest absolute Gasteiger partial charge is 0.378 e. The maximum Gasteiger partial charge on any atom is 0.0578 e. The van der Waals surface area contributed by atoms with E-state index in [4.69, 9.17) is 16.3 Å². The summed E-state index contributed by atoms with van der Waals surface area (Å²) in [5, 5.41) is 0.445. The Morgan fingerprint density at radius 1 is 1.15 bits per heavy atom. The van der Waals surface area contributed by atoms with Crippen molar-refractivity contribution in [2.75, 3.05) is 6.61 Å². The second kappa shape index (κ2) is 4.65. The van der Waals surface area contributed by atoms with E-state index in [1.54, 1.807) is 0 Å². The summed E-state index contributed by atoms with van der Waals surface area (Å²) in [6.07, 6.45) is 9.53. The van der Waals surface area contributed by atoms with E-state index in [0.717, 1.165) is 12.5 Å². The quantitative estimate of drug-likeness (QED) is 0.624. The van der Waals surface area contributed by atoms with Crippen LogP contribution in [0.5, 0.6) is 0 Å². The van der Waals surface area contributed by atoms with Gasteiger partial charge in [0.2, 0.25) is 0 Å². The smallest absolute Gasteiger partial charge is 0.0578 e. The molecule has 0 bridgehead atoms. The Morgan fingerprint density at radius 2 is 2.08 bits per heavy atom. The van der Waals surface area contributed by atoms with E-state index in [0.29, 0.717) is 11.5 Å². The molecule has 13 heavy (non-hydrogen) atoms. The molecule has 1 aliphatic carbocycles. The third-order valence-corrected chi connectivity index (χ3v) is 3.74. The van der Waals surface area contributed by atoms with Crippen molar-refractivity contribution in [2.45, 2.75) is 56.4 Å². The Hall–Kier alpha value is 0.250. The third kappa shape index (κ3) is 2.85. The number of ether oxygens (including phenoxy) is 1. The molecule has 1 saturated carbocycles. The van der Waals surface area contributed by atoms with Crippen LogP contribution in [0.4, 0.5) is 0 Å². The molecule has 2 heteroatoms. The molecule has 0 aromatic heterocycles. The van der Waals surface area contributed by atoms with E-state index < -0.39 is 0 Å². The first kappa shape index (κ1) is 9.79. The van der Waals surface area contributed by atoms with E-state index in [2.05, 4.69) is 0 Å². The van der Waals surface area contributed by atoms with Crippen LogP contribution in [0.2, 0.25) is 0 Å². The van der Waals surface area contributed by atoms with Gasteiger partial charge in [0.25, 0.3) is 0 Å². The highest BCUT2D eigenvalue weighted by atomic mass is 35.5. The Morgan fingerprint density at radius 3 is 2.77 bits per heavy atom. The second-order valence-corrected chi connectivity index (χ2v) is 5.12. The van der Waals surface area contributed by atoms with Crippen LogP contribution >= 0.6 is 11.6 Å². The minimum absolute atomic E-state index is 0.445. The van der Waals surface area contributed by atoms with Crippen molar-refractivity contribution in [3.8, 4) is 0 Å². The van der Waals surface area contributed by atoms with Crippen LogP contribution in [0.3, 0.4) is 0 Å². The summed E-state index contributed by atoms with van der Waals surface area (Å²) in [4.78, 5) is 0.